The van der Waals surface area contributed by atoms with E-state index in [2.05, 4.69) is 35.7 Å². The number of aryl methyl sites for hydroxylation is 1. The maximum Gasteiger partial charge on any atom is 0.247 e. The first-order valence-corrected chi connectivity index (χ1v) is 9.60. The fourth-order valence-corrected chi connectivity index (χ4v) is 3.21. The Kier molecular flexibility index (Phi) is 5.59. The quantitative estimate of drug-likeness (QED) is 0.659. The van der Waals surface area contributed by atoms with Gasteiger partial charge in [-0.3, -0.25) is 4.79 Å². The Morgan fingerprint density at radius 3 is 2.52 bits per heavy atom. The van der Waals surface area contributed by atoms with E-state index < -0.39 is 0 Å². The van der Waals surface area contributed by atoms with Crippen LogP contribution in [0.2, 0.25) is 0 Å². The van der Waals surface area contributed by atoms with Gasteiger partial charge in [0.2, 0.25) is 17.8 Å². The number of piperazine rings is 1. The summed E-state index contributed by atoms with van der Waals surface area (Å²) in [5.41, 5.74) is 2.04. The molecule has 150 valence electrons. The molecule has 3 aromatic rings. The summed E-state index contributed by atoms with van der Waals surface area (Å²) in [6.07, 6.45) is 3.84. The van der Waals surface area contributed by atoms with E-state index in [0.717, 1.165) is 18.8 Å². The molecule has 29 heavy (non-hydrogen) atoms. The zero-order valence-electron chi connectivity index (χ0n) is 16.3. The second-order valence-electron chi connectivity index (χ2n) is 6.84. The van der Waals surface area contributed by atoms with E-state index in [0.29, 0.717) is 38.0 Å². The molecule has 0 aliphatic carbocycles. The van der Waals surface area contributed by atoms with E-state index in [4.69, 9.17) is 0 Å². The second-order valence-corrected chi connectivity index (χ2v) is 6.84. The van der Waals surface area contributed by atoms with Crippen LogP contribution in [-0.4, -0.2) is 73.7 Å². The van der Waals surface area contributed by atoms with Crippen LogP contribution in [0.15, 0.2) is 42.7 Å². The molecule has 0 unspecified atom stereocenters. The molecule has 3 heterocycles. The number of benzene rings is 1. The number of hydrogen-bond donors (Lipinski definition) is 1. The van der Waals surface area contributed by atoms with Gasteiger partial charge in [-0.2, -0.15) is 4.68 Å². The van der Waals surface area contributed by atoms with Crippen molar-refractivity contribution in [2.75, 3.05) is 42.9 Å². The van der Waals surface area contributed by atoms with E-state index in [1.54, 1.807) is 23.1 Å². The number of nitrogens with one attached hydrogen (secondary N) is 1. The van der Waals surface area contributed by atoms with Crippen LogP contribution in [0.3, 0.4) is 0 Å². The van der Waals surface area contributed by atoms with E-state index in [1.165, 1.54) is 5.56 Å². The highest BCUT2D eigenvalue weighted by Gasteiger charge is 2.22. The van der Waals surface area contributed by atoms with Gasteiger partial charge >= 0.3 is 0 Å². The van der Waals surface area contributed by atoms with Crippen molar-refractivity contribution in [1.82, 2.24) is 35.1 Å². The standard InChI is InChI=1S/C19H23N9O/c1-15-3-5-16(6-4-15)28-19(23-24-25-28)22-10-7-17(29)26-11-13-27(14-12-26)18-20-8-2-9-21-18/h2-6,8-9H,7,10-14H2,1H3,(H,22,23,25). The number of anilines is 2. The van der Waals surface area contributed by atoms with Crippen LogP contribution in [0.5, 0.6) is 0 Å². The minimum absolute atomic E-state index is 0.112. The summed E-state index contributed by atoms with van der Waals surface area (Å²) in [6, 6.07) is 9.72. The number of aromatic nitrogens is 6. The third-order valence-electron chi connectivity index (χ3n) is 4.84. The van der Waals surface area contributed by atoms with Crippen molar-refractivity contribution in [2.24, 2.45) is 0 Å². The fourth-order valence-electron chi connectivity index (χ4n) is 3.21. The predicted molar refractivity (Wildman–Crippen MR) is 108 cm³/mol. The third-order valence-corrected chi connectivity index (χ3v) is 4.84. The number of rotatable bonds is 6. The Labute approximate surface area is 168 Å². The van der Waals surface area contributed by atoms with Crippen LogP contribution in [-0.2, 0) is 4.79 Å². The summed E-state index contributed by atoms with van der Waals surface area (Å²) < 4.78 is 1.63. The Morgan fingerprint density at radius 1 is 1.07 bits per heavy atom. The molecule has 0 bridgehead atoms. The van der Waals surface area contributed by atoms with Crippen molar-refractivity contribution >= 4 is 17.8 Å². The highest BCUT2D eigenvalue weighted by Crippen LogP contribution is 2.13. The fraction of sp³-hybridized carbons (Fsp3) is 0.368. The molecule has 2 aromatic heterocycles. The Hall–Kier alpha value is -3.56. The Balaban J connectivity index is 1.26. The van der Waals surface area contributed by atoms with Crippen molar-refractivity contribution in [3.8, 4) is 5.69 Å². The molecule has 1 saturated heterocycles. The number of carbonyl (C=O) groups excluding carboxylic acids is 1. The first-order chi connectivity index (χ1) is 14.2. The van der Waals surface area contributed by atoms with E-state index in [9.17, 15) is 4.79 Å². The van der Waals surface area contributed by atoms with Gasteiger partial charge in [0.05, 0.1) is 5.69 Å². The van der Waals surface area contributed by atoms with Crippen molar-refractivity contribution in [3.63, 3.8) is 0 Å². The summed E-state index contributed by atoms with van der Waals surface area (Å²) in [5, 5.41) is 14.9. The lowest BCUT2D eigenvalue weighted by molar-refractivity contribution is -0.131. The van der Waals surface area contributed by atoms with Crippen molar-refractivity contribution in [2.45, 2.75) is 13.3 Å². The lowest BCUT2D eigenvalue weighted by Crippen LogP contribution is -2.49. The molecule has 1 aliphatic rings. The smallest absolute Gasteiger partial charge is 0.247 e. The maximum absolute atomic E-state index is 12.5. The van der Waals surface area contributed by atoms with E-state index >= 15 is 0 Å². The normalized spacial score (nSPS) is 14.1. The number of amides is 1. The molecule has 1 aliphatic heterocycles. The minimum atomic E-state index is 0.112. The van der Waals surface area contributed by atoms with E-state index in [1.807, 2.05) is 36.1 Å². The van der Waals surface area contributed by atoms with Gasteiger partial charge in [-0.25, -0.2) is 9.97 Å². The van der Waals surface area contributed by atoms with Gasteiger partial charge in [0.15, 0.2) is 0 Å². The SMILES string of the molecule is Cc1ccc(-n2nnnc2NCCC(=O)N2CCN(c3ncccn3)CC2)cc1. The highest BCUT2D eigenvalue weighted by atomic mass is 16.2. The largest absolute Gasteiger partial charge is 0.352 e. The summed E-state index contributed by atoms with van der Waals surface area (Å²) in [5.74, 6) is 1.34. The minimum Gasteiger partial charge on any atom is -0.352 e. The molecule has 1 amide bonds. The van der Waals surface area contributed by atoms with Crippen LogP contribution < -0.4 is 10.2 Å². The van der Waals surface area contributed by atoms with Gasteiger partial charge in [0.25, 0.3) is 0 Å². The molecule has 0 atom stereocenters. The highest BCUT2D eigenvalue weighted by molar-refractivity contribution is 5.77. The summed E-state index contributed by atoms with van der Waals surface area (Å²) in [4.78, 5) is 25.1. The molecule has 10 heteroatoms. The summed E-state index contributed by atoms with van der Waals surface area (Å²) in [6.45, 7) is 5.29. The zero-order valence-corrected chi connectivity index (χ0v) is 16.3. The lowest BCUT2D eigenvalue weighted by Gasteiger charge is -2.34. The zero-order chi connectivity index (χ0) is 20.1. The summed E-state index contributed by atoms with van der Waals surface area (Å²) in [7, 11) is 0. The molecule has 4 rings (SSSR count). The molecular weight excluding hydrogens is 370 g/mol. The Morgan fingerprint density at radius 2 is 1.79 bits per heavy atom. The van der Waals surface area contributed by atoms with Crippen molar-refractivity contribution in [1.29, 1.82) is 0 Å². The molecule has 0 saturated carbocycles. The van der Waals surface area contributed by atoms with Gasteiger partial charge in [-0.05, 0) is 35.5 Å². The van der Waals surface area contributed by atoms with Crippen LogP contribution >= 0.6 is 0 Å². The second kappa shape index (κ2) is 8.63. The Bertz CT molecular complexity index is 934. The number of carbonyl (C=O) groups is 1. The topological polar surface area (TPSA) is 105 Å². The number of tetrazole rings is 1. The first-order valence-electron chi connectivity index (χ1n) is 9.60. The molecule has 1 aromatic carbocycles. The maximum atomic E-state index is 12.5. The van der Waals surface area contributed by atoms with Gasteiger partial charge in [0.1, 0.15) is 0 Å². The van der Waals surface area contributed by atoms with Crippen molar-refractivity contribution < 1.29 is 4.79 Å². The average molecular weight is 393 g/mol. The molecule has 10 nitrogen and oxygen atoms in total. The average Bonchev–Trinajstić information content (AvgIpc) is 3.23. The first kappa shape index (κ1) is 18.8. The molecular formula is C19H23N9O. The molecule has 1 fully saturated rings. The monoisotopic (exact) mass is 393 g/mol. The van der Waals surface area contributed by atoms with Crippen molar-refractivity contribution in [3.05, 3.63) is 48.3 Å². The number of hydrogen-bond acceptors (Lipinski definition) is 8. The van der Waals surface area contributed by atoms with Crippen LogP contribution in [0, 0.1) is 6.92 Å². The van der Waals surface area contributed by atoms with Gasteiger partial charge in [0, 0.05) is 51.5 Å². The lowest BCUT2D eigenvalue weighted by atomic mass is 10.2. The van der Waals surface area contributed by atoms with Gasteiger partial charge in [-0.1, -0.05) is 22.8 Å². The molecule has 1 N–H and O–H groups in total. The van der Waals surface area contributed by atoms with Gasteiger partial charge < -0.3 is 15.1 Å². The van der Waals surface area contributed by atoms with Gasteiger partial charge in [-0.15, -0.1) is 0 Å². The third kappa shape index (κ3) is 4.48. The van der Waals surface area contributed by atoms with Crippen LogP contribution in [0.1, 0.15) is 12.0 Å². The molecule has 0 spiro atoms. The predicted octanol–water partition coefficient (Wildman–Crippen LogP) is 0.912. The summed E-state index contributed by atoms with van der Waals surface area (Å²) >= 11 is 0. The number of nitrogens with zero attached hydrogens (tertiary/aromatic N) is 8. The van der Waals surface area contributed by atoms with E-state index in [-0.39, 0.29) is 5.91 Å². The van der Waals surface area contributed by atoms with Crippen LogP contribution in [0.4, 0.5) is 11.9 Å². The van der Waals surface area contributed by atoms with Crippen LogP contribution in [0.25, 0.3) is 5.69 Å². The molecule has 0 radical (unpaired) electrons.